The van der Waals surface area contributed by atoms with Gasteiger partial charge in [0, 0.05) is 13.2 Å². The van der Waals surface area contributed by atoms with Crippen LogP contribution in [-0.2, 0) is 4.74 Å². The molecule has 1 aliphatic heterocycles. The molecular formula is C10H18N2O. The monoisotopic (exact) mass is 182 g/mol. The number of hydrogen-bond acceptors (Lipinski definition) is 3. The fourth-order valence-electron chi connectivity index (χ4n) is 1.58. The molecule has 1 rings (SSSR count). The van der Waals surface area contributed by atoms with Gasteiger partial charge in [-0.1, -0.05) is 0 Å². The second kappa shape index (κ2) is 5.95. The Labute approximate surface area is 80.1 Å². The number of rotatable bonds is 4. The summed E-state index contributed by atoms with van der Waals surface area (Å²) in [6.45, 7) is 4.68. The van der Waals surface area contributed by atoms with Gasteiger partial charge in [-0.25, -0.2) is 0 Å². The van der Waals surface area contributed by atoms with Gasteiger partial charge in [-0.3, -0.25) is 0 Å². The van der Waals surface area contributed by atoms with Crippen LogP contribution in [0.4, 0.5) is 0 Å². The lowest BCUT2D eigenvalue weighted by Gasteiger charge is -2.22. The van der Waals surface area contributed by atoms with Crippen molar-refractivity contribution in [3.63, 3.8) is 0 Å². The molecule has 3 heteroatoms. The molecular weight excluding hydrogens is 164 g/mol. The third kappa shape index (κ3) is 4.25. The average molecular weight is 182 g/mol. The molecule has 0 bridgehead atoms. The molecule has 0 radical (unpaired) electrons. The molecule has 1 heterocycles. The van der Waals surface area contributed by atoms with E-state index in [2.05, 4.69) is 11.4 Å². The van der Waals surface area contributed by atoms with Crippen LogP contribution in [-0.4, -0.2) is 25.8 Å². The van der Waals surface area contributed by atoms with Crippen molar-refractivity contribution in [1.82, 2.24) is 5.32 Å². The van der Waals surface area contributed by atoms with E-state index in [9.17, 15) is 0 Å². The SMILES string of the molecule is CC(C#N)NCCC1CCOCC1. The minimum atomic E-state index is -0.0140. The Morgan fingerprint density at radius 1 is 1.54 bits per heavy atom. The van der Waals surface area contributed by atoms with Crippen molar-refractivity contribution >= 4 is 0 Å². The summed E-state index contributed by atoms with van der Waals surface area (Å²) in [5.41, 5.74) is 0. The number of ether oxygens (including phenoxy) is 1. The maximum atomic E-state index is 8.54. The summed E-state index contributed by atoms with van der Waals surface area (Å²) in [5.74, 6) is 0.798. The Morgan fingerprint density at radius 3 is 2.85 bits per heavy atom. The molecule has 1 fully saturated rings. The molecule has 1 aliphatic rings. The largest absolute Gasteiger partial charge is 0.381 e. The quantitative estimate of drug-likeness (QED) is 0.713. The summed E-state index contributed by atoms with van der Waals surface area (Å²) in [7, 11) is 0. The van der Waals surface area contributed by atoms with E-state index < -0.39 is 0 Å². The highest BCUT2D eigenvalue weighted by Gasteiger charge is 2.13. The molecule has 0 aromatic rings. The highest BCUT2D eigenvalue weighted by molar-refractivity contribution is 4.85. The van der Waals surface area contributed by atoms with Gasteiger partial charge in [0.05, 0.1) is 12.1 Å². The summed E-state index contributed by atoms with van der Waals surface area (Å²) in [4.78, 5) is 0. The van der Waals surface area contributed by atoms with Crippen molar-refractivity contribution < 1.29 is 4.74 Å². The van der Waals surface area contributed by atoms with Crippen LogP contribution < -0.4 is 5.32 Å². The molecule has 0 aliphatic carbocycles. The third-order valence-electron chi connectivity index (χ3n) is 2.54. The Kier molecular flexibility index (Phi) is 4.81. The molecule has 0 aromatic carbocycles. The highest BCUT2D eigenvalue weighted by Crippen LogP contribution is 2.17. The lowest BCUT2D eigenvalue weighted by molar-refractivity contribution is 0.0639. The normalized spacial score (nSPS) is 20.9. The van der Waals surface area contributed by atoms with Crippen LogP contribution in [0, 0.1) is 17.2 Å². The fraction of sp³-hybridized carbons (Fsp3) is 0.900. The molecule has 74 valence electrons. The predicted molar refractivity (Wildman–Crippen MR) is 51.2 cm³/mol. The zero-order chi connectivity index (χ0) is 9.52. The van der Waals surface area contributed by atoms with Gasteiger partial charge in [-0.2, -0.15) is 5.26 Å². The summed E-state index contributed by atoms with van der Waals surface area (Å²) < 4.78 is 5.28. The van der Waals surface area contributed by atoms with Gasteiger partial charge < -0.3 is 10.1 Å². The van der Waals surface area contributed by atoms with Gasteiger partial charge in [0.2, 0.25) is 0 Å². The summed E-state index contributed by atoms with van der Waals surface area (Å²) in [5, 5.41) is 11.7. The highest BCUT2D eigenvalue weighted by atomic mass is 16.5. The Bertz CT molecular complexity index is 170. The van der Waals surface area contributed by atoms with Crippen molar-refractivity contribution in [3.05, 3.63) is 0 Å². The van der Waals surface area contributed by atoms with Crippen LogP contribution in [0.25, 0.3) is 0 Å². The summed E-state index contributed by atoms with van der Waals surface area (Å²) >= 11 is 0. The lowest BCUT2D eigenvalue weighted by Crippen LogP contribution is -2.28. The Morgan fingerprint density at radius 2 is 2.23 bits per heavy atom. The van der Waals surface area contributed by atoms with Gasteiger partial charge in [-0.05, 0) is 38.6 Å². The zero-order valence-electron chi connectivity index (χ0n) is 8.25. The van der Waals surface area contributed by atoms with E-state index in [0.717, 1.165) is 25.7 Å². The van der Waals surface area contributed by atoms with Gasteiger partial charge in [0.1, 0.15) is 0 Å². The van der Waals surface area contributed by atoms with E-state index >= 15 is 0 Å². The second-order valence-electron chi connectivity index (χ2n) is 3.65. The number of nitrogens with one attached hydrogen (secondary N) is 1. The van der Waals surface area contributed by atoms with Gasteiger partial charge in [-0.15, -0.1) is 0 Å². The minimum Gasteiger partial charge on any atom is -0.381 e. The van der Waals surface area contributed by atoms with Crippen molar-refractivity contribution in [2.24, 2.45) is 5.92 Å². The minimum absolute atomic E-state index is 0.0140. The van der Waals surface area contributed by atoms with Crippen molar-refractivity contribution in [2.45, 2.75) is 32.2 Å². The smallest absolute Gasteiger partial charge is 0.0924 e. The standard InChI is InChI=1S/C10H18N2O/c1-9(8-11)12-5-2-10-3-6-13-7-4-10/h9-10,12H,2-7H2,1H3. The summed E-state index contributed by atoms with van der Waals surface area (Å²) in [6, 6.07) is 2.15. The Hall–Kier alpha value is -0.590. The number of hydrogen-bond donors (Lipinski definition) is 1. The fourth-order valence-corrected chi connectivity index (χ4v) is 1.58. The van der Waals surface area contributed by atoms with Crippen LogP contribution in [0.1, 0.15) is 26.2 Å². The first-order valence-electron chi connectivity index (χ1n) is 5.03. The van der Waals surface area contributed by atoms with Crippen LogP contribution in [0.5, 0.6) is 0 Å². The van der Waals surface area contributed by atoms with E-state index in [1.54, 1.807) is 0 Å². The topological polar surface area (TPSA) is 45.0 Å². The van der Waals surface area contributed by atoms with Gasteiger partial charge in [0.25, 0.3) is 0 Å². The van der Waals surface area contributed by atoms with Crippen molar-refractivity contribution in [1.29, 1.82) is 5.26 Å². The molecule has 1 saturated heterocycles. The predicted octanol–water partition coefficient (Wildman–Crippen LogP) is 1.30. The molecule has 0 spiro atoms. The second-order valence-corrected chi connectivity index (χ2v) is 3.65. The van der Waals surface area contributed by atoms with E-state index in [-0.39, 0.29) is 6.04 Å². The van der Waals surface area contributed by atoms with Crippen molar-refractivity contribution in [3.8, 4) is 6.07 Å². The van der Waals surface area contributed by atoms with Crippen molar-refractivity contribution in [2.75, 3.05) is 19.8 Å². The molecule has 1 N–H and O–H groups in total. The van der Waals surface area contributed by atoms with E-state index in [1.807, 2.05) is 6.92 Å². The maximum Gasteiger partial charge on any atom is 0.0924 e. The average Bonchev–Trinajstić information content (AvgIpc) is 2.19. The maximum absolute atomic E-state index is 8.54. The number of nitriles is 1. The summed E-state index contributed by atoms with van der Waals surface area (Å²) in [6.07, 6.45) is 3.54. The van der Waals surface area contributed by atoms with E-state index in [0.29, 0.717) is 0 Å². The third-order valence-corrected chi connectivity index (χ3v) is 2.54. The molecule has 0 amide bonds. The Balaban J connectivity index is 2.02. The van der Waals surface area contributed by atoms with Gasteiger partial charge >= 0.3 is 0 Å². The molecule has 1 unspecified atom stereocenters. The van der Waals surface area contributed by atoms with Crippen LogP contribution in [0.15, 0.2) is 0 Å². The molecule has 13 heavy (non-hydrogen) atoms. The molecule has 0 aromatic heterocycles. The molecule has 0 saturated carbocycles. The van der Waals surface area contributed by atoms with Crippen LogP contribution >= 0.6 is 0 Å². The van der Waals surface area contributed by atoms with Gasteiger partial charge in [0.15, 0.2) is 0 Å². The number of nitrogens with zero attached hydrogens (tertiary/aromatic N) is 1. The van der Waals surface area contributed by atoms with E-state index in [4.69, 9.17) is 10.00 Å². The molecule has 1 atom stereocenters. The first-order chi connectivity index (χ1) is 6.33. The van der Waals surface area contributed by atoms with Crippen LogP contribution in [0.3, 0.4) is 0 Å². The zero-order valence-corrected chi connectivity index (χ0v) is 8.25. The molecule has 3 nitrogen and oxygen atoms in total. The first-order valence-corrected chi connectivity index (χ1v) is 5.03. The van der Waals surface area contributed by atoms with E-state index in [1.165, 1.54) is 19.3 Å². The first kappa shape index (κ1) is 10.5. The van der Waals surface area contributed by atoms with Crippen LogP contribution in [0.2, 0.25) is 0 Å². The lowest BCUT2D eigenvalue weighted by atomic mass is 9.96.